The van der Waals surface area contributed by atoms with Gasteiger partial charge in [0.2, 0.25) is 0 Å². The van der Waals surface area contributed by atoms with Crippen LogP contribution in [0.3, 0.4) is 0 Å². The SMILES string of the molecule is NNCCCCCCCCCNN. The highest BCUT2D eigenvalue weighted by molar-refractivity contribution is 4.47. The molecule has 80 valence electrons. The van der Waals surface area contributed by atoms with Crippen LogP contribution >= 0.6 is 0 Å². The van der Waals surface area contributed by atoms with Crippen molar-refractivity contribution in [1.29, 1.82) is 0 Å². The highest BCUT2D eigenvalue weighted by Gasteiger charge is 1.90. The van der Waals surface area contributed by atoms with Gasteiger partial charge < -0.3 is 0 Å². The van der Waals surface area contributed by atoms with Gasteiger partial charge in [0, 0.05) is 13.1 Å². The molecule has 0 aliphatic rings. The molecule has 0 rings (SSSR count). The van der Waals surface area contributed by atoms with Crippen molar-refractivity contribution in [2.75, 3.05) is 13.1 Å². The molecule has 0 radical (unpaired) electrons. The van der Waals surface area contributed by atoms with Crippen molar-refractivity contribution in [2.24, 2.45) is 11.7 Å². The van der Waals surface area contributed by atoms with Gasteiger partial charge in [0.1, 0.15) is 0 Å². The summed E-state index contributed by atoms with van der Waals surface area (Å²) >= 11 is 0. The number of rotatable bonds is 10. The van der Waals surface area contributed by atoms with Crippen molar-refractivity contribution < 1.29 is 0 Å². The molecular weight excluding hydrogens is 164 g/mol. The topological polar surface area (TPSA) is 76.1 Å². The van der Waals surface area contributed by atoms with Crippen LogP contribution in [0, 0.1) is 0 Å². The second kappa shape index (κ2) is 11.8. The predicted molar refractivity (Wildman–Crippen MR) is 56.7 cm³/mol. The molecule has 4 heteroatoms. The van der Waals surface area contributed by atoms with Crippen LogP contribution in [0.5, 0.6) is 0 Å². The Morgan fingerprint density at radius 2 is 0.846 bits per heavy atom. The lowest BCUT2D eigenvalue weighted by Crippen LogP contribution is -2.22. The van der Waals surface area contributed by atoms with Crippen LogP contribution in [0.2, 0.25) is 0 Å². The fourth-order valence-electron chi connectivity index (χ4n) is 1.34. The Bertz CT molecular complexity index is 77.7. The molecule has 0 aliphatic heterocycles. The van der Waals surface area contributed by atoms with Gasteiger partial charge in [-0.1, -0.05) is 32.1 Å². The van der Waals surface area contributed by atoms with Gasteiger partial charge in [0.15, 0.2) is 0 Å². The zero-order valence-electron chi connectivity index (χ0n) is 8.52. The molecule has 0 aromatic carbocycles. The molecule has 0 aliphatic carbocycles. The fourth-order valence-corrected chi connectivity index (χ4v) is 1.34. The molecule has 0 bridgehead atoms. The molecule has 6 N–H and O–H groups in total. The minimum Gasteiger partial charge on any atom is -0.271 e. The molecule has 0 heterocycles. The summed E-state index contributed by atoms with van der Waals surface area (Å²) in [7, 11) is 0. The number of hydrogen-bond acceptors (Lipinski definition) is 4. The lowest BCUT2D eigenvalue weighted by atomic mass is 10.1. The van der Waals surface area contributed by atoms with Crippen molar-refractivity contribution in [3.8, 4) is 0 Å². The number of hydrazine groups is 2. The van der Waals surface area contributed by atoms with Crippen molar-refractivity contribution in [2.45, 2.75) is 44.9 Å². The van der Waals surface area contributed by atoms with Crippen LogP contribution < -0.4 is 22.5 Å². The highest BCUT2D eigenvalue weighted by atomic mass is 15.2. The summed E-state index contributed by atoms with van der Waals surface area (Å²) in [5.74, 6) is 10.3. The van der Waals surface area contributed by atoms with E-state index < -0.39 is 0 Å². The lowest BCUT2D eigenvalue weighted by Gasteiger charge is -2.01. The molecule has 0 aromatic rings. The molecule has 0 fully saturated rings. The first kappa shape index (κ1) is 12.8. The van der Waals surface area contributed by atoms with Crippen LogP contribution in [-0.2, 0) is 0 Å². The Hall–Kier alpha value is -0.160. The van der Waals surface area contributed by atoms with Gasteiger partial charge in [0.25, 0.3) is 0 Å². The van der Waals surface area contributed by atoms with E-state index in [4.69, 9.17) is 11.7 Å². The number of unbranched alkanes of at least 4 members (excludes halogenated alkanes) is 6. The maximum atomic E-state index is 5.16. The fraction of sp³-hybridized carbons (Fsp3) is 1.00. The number of hydrogen-bond donors (Lipinski definition) is 4. The van der Waals surface area contributed by atoms with Crippen LogP contribution in [0.1, 0.15) is 44.9 Å². The van der Waals surface area contributed by atoms with Crippen molar-refractivity contribution in [3.63, 3.8) is 0 Å². The standard InChI is InChI=1S/C9H24N4/c10-12-8-6-4-2-1-3-5-7-9-13-11/h12-13H,1-11H2. The van der Waals surface area contributed by atoms with E-state index in [1.54, 1.807) is 0 Å². The first-order valence-corrected chi connectivity index (χ1v) is 5.28. The Labute approximate surface area is 81.4 Å². The van der Waals surface area contributed by atoms with E-state index in [9.17, 15) is 0 Å². The molecule has 0 saturated carbocycles. The minimum atomic E-state index is 0.942. The zero-order valence-corrected chi connectivity index (χ0v) is 8.52. The Morgan fingerprint density at radius 3 is 1.15 bits per heavy atom. The quantitative estimate of drug-likeness (QED) is 0.231. The molecule has 4 nitrogen and oxygen atoms in total. The van der Waals surface area contributed by atoms with Crippen LogP contribution in [0.15, 0.2) is 0 Å². The van der Waals surface area contributed by atoms with Gasteiger partial charge >= 0.3 is 0 Å². The van der Waals surface area contributed by atoms with E-state index in [1.807, 2.05) is 0 Å². The minimum absolute atomic E-state index is 0.942. The molecule has 0 saturated heterocycles. The number of nitrogens with two attached hydrogens (primary N) is 2. The van der Waals surface area contributed by atoms with Crippen LogP contribution in [-0.4, -0.2) is 13.1 Å². The second-order valence-electron chi connectivity index (χ2n) is 3.38. The molecule has 0 atom stereocenters. The van der Waals surface area contributed by atoms with E-state index in [2.05, 4.69) is 10.9 Å². The van der Waals surface area contributed by atoms with Gasteiger partial charge in [-0.3, -0.25) is 22.5 Å². The van der Waals surface area contributed by atoms with Crippen molar-refractivity contribution in [1.82, 2.24) is 10.9 Å². The first-order chi connectivity index (χ1) is 6.41. The molecule has 0 amide bonds. The summed E-state index contributed by atoms with van der Waals surface area (Å²) in [6, 6.07) is 0. The van der Waals surface area contributed by atoms with Crippen LogP contribution in [0.4, 0.5) is 0 Å². The largest absolute Gasteiger partial charge is 0.271 e. The average molecular weight is 188 g/mol. The van der Waals surface area contributed by atoms with E-state index in [0.29, 0.717) is 0 Å². The Kier molecular flexibility index (Phi) is 11.7. The molecule has 0 unspecified atom stereocenters. The molecule has 0 spiro atoms. The summed E-state index contributed by atoms with van der Waals surface area (Å²) in [5, 5.41) is 0. The Balaban J connectivity index is 2.76. The van der Waals surface area contributed by atoms with E-state index in [1.165, 1.54) is 44.9 Å². The molecular formula is C9H24N4. The smallest absolute Gasteiger partial charge is 0.00974 e. The average Bonchev–Trinajstić information content (AvgIpc) is 2.16. The maximum Gasteiger partial charge on any atom is 0.00974 e. The van der Waals surface area contributed by atoms with Crippen LogP contribution in [0.25, 0.3) is 0 Å². The summed E-state index contributed by atoms with van der Waals surface area (Å²) in [6.07, 6.45) is 8.98. The molecule has 0 aromatic heterocycles. The van der Waals surface area contributed by atoms with Gasteiger partial charge in [-0.2, -0.15) is 0 Å². The third-order valence-electron chi connectivity index (χ3n) is 2.14. The third kappa shape index (κ3) is 11.8. The summed E-state index contributed by atoms with van der Waals surface area (Å²) < 4.78 is 0. The summed E-state index contributed by atoms with van der Waals surface area (Å²) in [5.41, 5.74) is 5.33. The van der Waals surface area contributed by atoms with E-state index in [0.717, 1.165) is 13.1 Å². The van der Waals surface area contributed by atoms with Gasteiger partial charge in [-0.25, -0.2) is 0 Å². The van der Waals surface area contributed by atoms with Crippen molar-refractivity contribution in [3.05, 3.63) is 0 Å². The van der Waals surface area contributed by atoms with E-state index in [-0.39, 0.29) is 0 Å². The van der Waals surface area contributed by atoms with Crippen molar-refractivity contribution >= 4 is 0 Å². The first-order valence-electron chi connectivity index (χ1n) is 5.28. The van der Waals surface area contributed by atoms with Gasteiger partial charge in [-0.15, -0.1) is 0 Å². The lowest BCUT2D eigenvalue weighted by molar-refractivity contribution is 0.552. The predicted octanol–water partition coefficient (Wildman–Crippen LogP) is 0.644. The normalized spacial score (nSPS) is 10.6. The maximum absolute atomic E-state index is 5.16. The number of nitrogens with one attached hydrogen (secondary N) is 2. The zero-order chi connectivity index (χ0) is 9.78. The summed E-state index contributed by atoms with van der Waals surface area (Å²) in [6.45, 7) is 1.88. The van der Waals surface area contributed by atoms with Gasteiger partial charge in [0.05, 0.1) is 0 Å². The van der Waals surface area contributed by atoms with Gasteiger partial charge in [-0.05, 0) is 12.8 Å². The third-order valence-corrected chi connectivity index (χ3v) is 2.14. The molecule has 13 heavy (non-hydrogen) atoms. The summed E-state index contributed by atoms with van der Waals surface area (Å²) in [4.78, 5) is 0. The monoisotopic (exact) mass is 188 g/mol. The Morgan fingerprint density at radius 1 is 0.538 bits per heavy atom. The van der Waals surface area contributed by atoms with E-state index >= 15 is 0 Å². The second-order valence-corrected chi connectivity index (χ2v) is 3.38. The highest BCUT2D eigenvalue weighted by Crippen LogP contribution is 2.05.